The van der Waals surface area contributed by atoms with Crippen molar-refractivity contribution < 1.29 is 41.0 Å². The Balaban J connectivity index is 1.85. The summed E-state index contributed by atoms with van der Waals surface area (Å²) in [5.74, 6) is -3.95. The maximum Gasteiger partial charge on any atom is 0.416 e. The first kappa shape index (κ1) is 37.5. The number of halogens is 6. The Kier molecular flexibility index (Phi) is 11.3. The quantitative estimate of drug-likeness (QED) is 0.124. The number of alkyl halides is 3. The zero-order valence-corrected chi connectivity index (χ0v) is 27.5. The molecular weight excluding hydrogens is 666 g/mol. The van der Waals surface area contributed by atoms with Crippen LogP contribution >= 0.6 is 0 Å². The van der Waals surface area contributed by atoms with Gasteiger partial charge in [0.1, 0.15) is 23.5 Å². The first-order chi connectivity index (χ1) is 23.4. The molecule has 2 heterocycles. The number of carboxylic acid groups (broad SMARTS) is 1. The lowest BCUT2D eigenvalue weighted by molar-refractivity contribution is -0.139. The number of carbonyl (C=O) groups is 2. The molecule has 0 aliphatic heterocycles. The van der Waals surface area contributed by atoms with Crippen LogP contribution in [0, 0.1) is 49.6 Å². The number of imidazole rings is 1. The summed E-state index contributed by atoms with van der Waals surface area (Å²) >= 11 is 0. The summed E-state index contributed by atoms with van der Waals surface area (Å²) in [4.78, 5) is 43.0. The molecule has 2 aromatic heterocycles. The molecule has 14 heteroatoms. The van der Waals surface area contributed by atoms with Crippen molar-refractivity contribution in [2.75, 3.05) is 0 Å². The molecule has 0 bridgehead atoms. The molecule has 0 aliphatic rings. The summed E-state index contributed by atoms with van der Waals surface area (Å²) in [7, 11) is 0. The third-order valence-electron chi connectivity index (χ3n) is 8.20. The van der Waals surface area contributed by atoms with Crippen molar-refractivity contribution in [2.45, 2.75) is 71.8 Å². The number of pyridine rings is 1. The molecule has 0 spiro atoms. The van der Waals surface area contributed by atoms with E-state index in [1.165, 1.54) is 30.9 Å². The maximum atomic E-state index is 16.5. The number of aliphatic carboxylic acids is 1. The minimum atomic E-state index is -4.90. The standard InChI is InChI=1S/C36H34F6N4O4/c1-6-22-14-26(38)33(34(39)32(22)31-20(4)12-24(37)13-21(31)5)27(16-30(48)49)44-35(50)28(11-19(2)3)46-17-23(7-9-45-10-8-43-18-45)25(15-29(46)47)36(40,41)42/h1,8,10,12-15,17-19,27-28H,7,9,11,16H2,2-5H3,(H,44,50)(H,48,49)/t27-,28-/m0/s1. The van der Waals surface area contributed by atoms with Gasteiger partial charge in [-0.15, -0.1) is 6.42 Å². The van der Waals surface area contributed by atoms with Crippen LogP contribution in [0.25, 0.3) is 11.1 Å². The van der Waals surface area contributed by atoms with Gasteiger partial charge >= 0.3 is 12.1 Å². The molecule has 4 rings (SSSR count). The highest BCUT2D eigenvalue weighted by Gasteiger charge is 2.36. The average molecular weight is 701 g/mol. The van der Waals surface area contributed by atoms with Crippen LogP contribution in [0.2, 0.25) is 0 Å². The summed E-state index contributed by atoms with van der Waals surface area (Å²) in [6.07, 6.45) is 4.66. The average Bonchev–Trinajstić information content (AvgIpc) is 3.52. The number of amides is 1. The van der Waals surface area contributed by atoms with Crippen LogP contribution in [0.5, 0.6) is 0 Å². The second kappa shape index (κ2) is 15.1. The van der Waals surface area contributed by atoms with Crippen molar-refractivity contribution in [2.24, 2.45) is 5.92 Å². The van der Waals surface area contributed by atoms with Crippen molar-refractivity contribution in [1.29, 1.82) is 0 Å². The molecule has 0 saturated carbocycles. The van der Waals surface area contributed by atoms with Gasteiger partial charge in [0.25, 0.3) is 5.56 Å². The summed E-state index contributed by atoms with van der Waals surface area (Å²) in [6.45, 7) is 6.38. The molecule has 264 valence electrons. The molecular formula is C36H34F6N4O4. The van der Waals surface area contributed by atoms with Crippen LogP contribution in [0.3, 0.4) is 0 Å². The maximum absolute atomic E-state index is 16.5. The fourth-order valence-electron chi connectivity index (χ4n) is 6.05. The lowest BCUT2D eigenvalue weighted by Crippen LogP contribution is -2.41. The van der Waals surface area contributed by atoms with Crippen molar-refractivity contribution in [1.82, 2.24) is 19.4 Å². The van der Waals surface area contributed by atoms with E-state index < -0.39 is 70.7 Å². The largest absolute Gasteiger partial charge is 0.481 e. The summed E-state index contributed by atoms with van der Waals surface area (Å²) in [6, 6.07) is 0.0381. The Bertz CT molecular complexity index is 1990. The Labute approximate surface area is 283 Å². The number of terminal acetylenes is 1. The van der Waals surface area contributed by atoms with Crippen LogP contribution in [-0.2, 0) is 28.7 Å². The van der Waals surface area contributed by atoms with Gasteiger partial charge in [0.05, 0.1) is 24.4 Å². The minimum absolute atomic E-state index is 0.0601. The highest BCUT2D eigenvalue weighted by Crippen LogP contribution is 2.38. The van der Waals surface area contributed by atoms with Crippen LogP contribution in [0.4, 0.5) is 26.3 Å². The zero-order chi connectivity index (χ0) is 37.1. The number of nitrogens with zero attached hydrogens (tertiary/aromatic N) is 3. The van der Waals surface area contributed by atoms with Crippen LogP contribution in [0.1, 0.15) is 72.2 Å². The number of aryl methyl sites for hydroxylation is 4. The molecule has 0 unspecified atom stereocenters. The van der Waals surface area contributed by atoms with E-state index in [2.05, 4.69) is 16.2 Å². The Morgan fingerprint density at radius 1 is 1.06 bits per heavy atom. The highest BCUT2D eigenvalue weighted by atomic mass is 19.4. The van der Waals surface area contributed by atoms with E-state index in [-0.39, 0.29) is 58.7 Å². The van der Waals surface area contributed by atoms with Crippen molar-refractivity contribution in [3.8, 4) is 23.5 Å². The van der Waals surface area contributed by atoms with Crippen molar-refractivity contribution in [3.63, 3.8) is 0 Å². The Morgan fingerprint density at radius 3 is 2.26 bits per heavy atom. The number of benzene rings is 2. The molecule has 2 atom stereocenters. The molecule has 1 amide bonds. The van der Waals surface area contributed by atoms with Gasteiger partial charge in [-0.25, -0.2) is 18.2 Å². The van der Waals surface area contributed by atoms with Gasteiger partial charge in [-0.3, -0.25) is 14.4 Å². The molecule has 0 saturated heterocycles. The van der Waals surface area contributed by atoms with E-state index in [1.807, 2.05) is 0 Å². The summed E-state index contributed by atoms with van der Waals surface area (Å²) < 4.78 is 90.8. The van der Waals surface area contributed by atoms with Gasteiger partial charge in [0, 0.05) is 47.9 Å². The predicted molar refractivity (Wildman–Crippen MR) is 172 cm³/mol. The molecule has 0 radical (unpaired) electrons. The number of hydrogen-bond acceptors (Lipinski definition) is 4. The first-order valence-corrected chi connectivity index (χ1v) is 15.5. The van der Waals surface area contributed by atoms with E-state index in [9.17, 15) is 37.1 Å². The lowest BCUT2D eigenvalue weighted by Gasteiger charge is -2.27. The van der Waals surface area contributed by atoms with Gasteiger partial charge in [-0.05, 0) is 73.1 Å². The molecule has 0 fully saturated rings. The van der Waals surface area contributed by atoms with Crippen molar-refractivity contribution in [3.05, 3.63) is 110 Å². The normalized spacial score (nSPS) is 12.8. The minimum Gasteiger partial charge on any atom is -0.481 e. The molecule has 2 aromatic carbocycles. The topological polar surface area (TPSA) is 106 Å². The summed E-state index contributed by atoms with van der Waals surface area (Å²) in [5.41, 5.74) is -3.46. The zero-order valence-electron chi connectivity index (χ0n) is 27.5. The third-order valence-corrected chi connectivity index (χ3v) is 8.20. The smallest absolute Gasteiger partial charge is 0.416 e. The lowest BCUT2D eigenvalue weighted by atomic mass is 9.88. The third kappa shape index (κ3) is 8.27. The molecule has 0 aliphatic carbocycles. The van der Waals surface area contributed by atoms with Crippen LogP contribution < -0.4 is 10.9 Å². The fraction of sp³-hybridized carbons (Fsp3) is 0.333. The number of carbonyl (C=O) groups excluding carboxylic acids is 1. The van der Waals surface area contributed by atoms with E-state index in [1.54, 1.807) is 20.0 Å². The Morgan fingerprint density at radius 2 is 1.72 bits per heavy atom. The monoisotopic (exact) mass is 700 g/mol. The highest BCUT2D eigenvalue weighted by molar-refractivity contribution is 5.82. The van der Waals surface area contributed by atoms with Gasteiger partial charge in [-0.2, -0.15) is 13.2 Å². The van der Waals surface area contributed by atoms with Crippen LogP contribution in [-0.4, -0.2) is 31.1 Å². The number of aromatic nitrogens is 3. The van der Waals surface area contributed by atoms with Crippen molar-refractivity contribution >= 4 is 11.9 Å². The molecule has 50 heavy (non-hydrogen) atoms. The number of hydrogen-bond donors (Lipinski definition) is 2. The van der Waals surface area contributed by atoms with Gasteiger partial charge in [0.15, 0.2) is 0 Å². The number of carboxylic acids is 1. The Hall–Kier alpha value is -5.32. The van der Waals surface area contributed by atoms with Crippen LogP contribution in [0.15, 0.2) is 54.0 Å². The second-order valence-corrected chi connectivity index (χ2v) is 12.4. The van der Waals surface area contributed by atoms with E-state index in [0.717, 1.165) is 29.0 Å². The molecule has 2 N–H and O–H groups in total. The molecule has 4 aromatic rings. The van der Waals surface area contributed by atoms with E-state index in [4.69, 9.17) is 6.42 Å². The number of nitrogens with one attached hydrogen (secondary N) is 1. The van der Waals surface area contributed by atoms with E-state index >= 15 is 8.78 Å². The van der Waals surface area contributed by atoms with E-state index in [0.29, 0.717) is 6.07 Å². The summed E-state index contributed by atoms with van der Waals surface area (Å²) in [5, 5.41) is 12.1. The predicted octanol–water partition coefficient (Wildman–Crippen LogP) is 6.91. The first-order valence-electron chi connectivity index (χ1n) is 15.5. The number of rotatable bonds is 12. The van der Waals surface area contributed by atoms with Gasteiger partial charge in [0.2, 0.25) is 5.91 Å². The fourth-order valence-corrected chi connectivity index (χ4v) is 6.05. The van der Waals surface area contributed by atoms with Gasteiger partial charge in [-0.1, -0.05) is 19.8 Å². The molecule has 8 nitrogen and oxygen atoms in total. The van der Waals surface area contributed by atoms with Gasteiger partial charge < -0.3 is 19.6 Å². The SMILES string of the molecule is C#Cc1cc(F)c([C@H](CC(=O)O)NC(=O)[C@H](CC(C)C)n2cc(CCn3ccnc3)c(C(F)(F)F)cc2=O)c(F)c1-c1c(C)cc(F)cc1C. The second-order valence-electron chi connectivity index (χ2n) is 12.4.